The van der Waals surface area contributed by atoms with Gasteiger partial charge in [0.05, 0.1) is 28.6 Å². The molecule has 0 bridgehead atoms. The van der Waals surface area contributed by atoms with Crippen LogP contribution in [0.3, 0.4) is 0 Å². The first-order chi connectivity index (χ1) is 19.9. The third kappa shape index (κ3) is 4.79. The highest BCUT2D eigenvalue weighted by molar-refractivity contribution is 6.25. The summed E-state index contributed by atoms with van der Waals surface area (Å²) in [6, 6.07) is 27.7. The molecule has 6 rings (SSSR count). The molecule has 0 aromatic heterocycles. The fraction of sp³-hybridized carbons (Fsp3) is 0.0323. The molecule has 2 heterocycles. The minimum Gasteiger partial charge on any atom is -0.508 e. The number of benzene rings is 4. The van der Waals surface area contributed by atoms with Crippen molar-refractivity contribution >= 4 is 46.9 Å². The van der Waals surface area contributed by atoms with E-state index >= 15 is 0 Å². The number of phenolic OH excluding ortho intramolecular Hbond substituents is 1. The highest BCUT2D eigenvalue weighted by Crippen LogP contribution is 2.41. The van der Waals surface area contributed by atoms with Gasteiger partial charge in [0.25, 0.3) is 5.91 Å². The lowest BCUT2D eigenvalue weighted by molar-refractivity contribution is -0.115. The van der Waals surface area contributed by atoms with E-state index < -0.39 is 24.2 Å². The number of carbonyl (C=O) groups excluding carboxylic acids is 3. The second-order valence-corrected chi connectivity index (χ2v) is 9.24. The first kappa shape index (κ1) is 25.2. The van der Waals surface area contributed by atoms with Gasteiger partial charge in [0, 0.05) is 11.4 Å². The Balaban J connectivity index is 1.29. The normalized spacial score (nSPS) is 15.6. The van der Waals surface area contributed by atoms with Crippen molar-refractivity contribution < 1.29 is 24.2 Å². The monoisotopic (exact) mass is 543 g/mol. The summed E-state index contributed by atoms with van der Waals surface area (Å²) in [5.74, 6) is -0.0743. The number of nitrogens with zero attached hydrogens (tertiary/aromatic N) is 3. The highest BCUT2D eigenvalue weighted by Gasteiger charge is 2.43. The number of rotatable bonds is 4. The minimum absolute atomic E-state index is 0.0636. The summed E-state index contributed by atoms with van der Waals surface area (Å²) in [4.78, 5) is 42.1. The lowest BCUT2D eigenvalue weighted by atomic mass is 9.95. The molecule has 1 fully saturated rings. The number of nitrogens with one attached hydrogen (secondary N) is 2. The van der Waals surface area contributed by atoms with Gasteiger partial charge in [-0.1, -0.05) is 24.3 Å². The predicted octanol–water partition coefficient (Wildman–Crippen LogP) is 5.49. The zero-order valence-corrected chi connectivity index (χ0v) is 21.3. The van der Waals surface area contributed by atoms with E-state index in [9.17, 15) is 24.8 Å². The van der Waals surface area contributed by atoms with Gasteiger partial charge in [-0.15, -0.1) is 0 Å². The van der Waals surface area contributed by atoms with E-state index in [4.69, 9.17) is 4.74 Å². The molecule has 4 aromatic rings. The van der Waals surface area contributed by atoms with Crippen molar-refractivity contribution in [3.05, 3.63) is 114 Å². The van der Waals surface area contributed by atoms with Crippen LogP contribution in [-0.4, -0.2) is 29.3 Å². The van der Waals surface area contributed by atoms with Crippen LogP contribution in [0.4, 0.5) is 32.3 Å². The molecule has 1 saturated heterocycles. The second-order valence-electron chi connectivity index (χ2n) is 9.24. The average Bonchev–Trinajstić information content (AvgIpc) is 2.98. The van der Waals surface area contributed by atoms with Crippen LogP contribution in [0, 0.1) is 11.3 Å². The number of para-hydroxylation sites is 1. The minimum atomic E-state index is -0.856. The van der Waals surface area contributed by atoms with E-state index in [2.05, 4.69) is 16.7 Å². The number of nitriles is 1. The highest BCUT2D eigenvalue weighted by atomic mass is 16.6. The predicted molar refractivity (Wildman–Crippen MR) is 152 cm³/mol. The maximum Gasteiger partial charge on any atom is 0.417 e. The number of hydrogen-bond donors (Lipinski definition) is 3. The average molecular weight is 544 g/mol. The Morgan fingerprint density at radius 3 is 2.34 bits per heavy atom. The Kier molecular flexibility index (Phi) is 6.30. The molecule has 1 atom stereocenters. The van der Waals surface area contributed by atoms with Gasteiger partial charge in [-0.2, -0.15) is 5.26 Å². The fourth-order valence-corrected chi connectivity index (χ4v) is 4.76. The van der Waals surface area contributed by atoms with Crippen LogP contribution in [0.2, 0.25) is 0 Å². The Morgan fingerprint density at radius 2 is 1.63 bits per heavy atom. The van der Waals surface area contributed by atoms with Crippen molar-refractivity contribution in [3.63, 3.8) is 0 Å². The van der Waals surface area contributed by atoms with E-state index in [1.165, 1.54) is 12.1 Å². The van der Waals surface area contributed by atoms with E-state index in [1.807, 2.05) is 0 Å². The van der Waals surface area contributed by atoms with E-state index in [0.717, 1.165) is 4.90 Å². The SMILES string of the molecule is N#Cc1ccc2c(c1)N(c1ccc(O)cc1)C1NC(=O)N(c3ccc(NC(=O)Oc4ccccc4)cc3)C(=O)C1=C2. The van der Waals surface area contributed by atoms with E-state index in [0.29, 0.717) is 45.2 Å². The van der Waals surface area contributed by atoms with Crippen molar-refractivity contribution in [3.8, 4) is 17.6 Å². The number of fused-ring (bicyclic) bond motifs is 2. The quantitative estimate of drug-likeness (QED) is 0.310. The lowest BCUT2D eigenvalue weighted by Gasteiger charge is -2.43. The molecule has 4 aromatic carbocycles. The molecule has 0 aliphatic carbocycles. The zero-order valence-electron chi connectivity index (χ0n) is 21.3. The third-order valence-electron chi connectivity index (χ3n) is 6.65. The van der Waals surface area contributed by atoms with Crippen LogP contribution < -0.4 is 25.2 Å². The summed E-state index contributed by atoms with van der Waals surface area (Å²) in [7, 11) is 0. The maximum atomic E-state index is 13.8. The topological polar surface area (TPSA) is 135 Å². The number of carbonyl (C=O) groups is 3. The summed E-state index contributed by atoms with van der Waals surface area (Å²) >= 11 is 0. The Hall–Kier alpha value is -6.08. The molecule has 0 spiro atoms. The molecule has 10 nitrogen and oxygen atoms in total. The number of urea groups is 1. The van der Waals surface area contributed by atoms with Crippen LogP contribution in [-0.2, 0) is 4.79 Å². The van der Waals surface area contributed by atoms with Gasteiger partial charge < -0.3 is 20.1 Å². The molecule has 41 heavy (non-hydrogen) atoms. The molecule has 0 radical (unpaired) electrons. The summed E-state index contributed by atoms with van der Waals surface area (Å²) in [6.07, 6.45) is 0.159. The molecular formula is C31H21N5O5. The third-order valence-corrected chi connectivity index (χ3v) is 6.65. The Bertz CT molecular complexity index is 1740. The van der Waals surface area contributed by atoms with Crippen molar-refractivity contribution in [2.45, 2.75) is 6.17 Å². The molecule has 10 heteroatoms. The first-order valence-corrected chi connectivity index (χ1v) is 12.5. The van der Waals surface area contributed by atoms with Gasteiger partial charge in [-0.3, -0.25) is 10.1 Å². The Labute approximate surface area is 234 Å². The number of imide groups is 1. The molecule has 2 aliphatic rings. The van der Waals surface area contributed by atoms with Crippen molar-refractivity contribution in [1.29, 1.82) is 5.26 Å². The molecule has 4 amide bonds. The van der Waals surface area contributed by atoms with Gasteiger partial charge in [-0.05, 0) is 84.4 Å². The number of hydrogen-bond acceptors (Lipinski definition) is 7. The number of anilines is 4. The zero-order chi connectivity index (χ0) is 28.5. The van der Waals surface area contributed by atoms with Crippen LogP contribution in [0.15, 0.2) is 103 Å². The number of amides is 4. The summed E-state index contributed by atoms with van der Waals surface area (Å²) in [6.45, 7) is 0. The number of phenols is 1. The largest absolute Gasteiger partial charge is 0.508 e. The van der Waals surface area contributed by atoms with E-state index in [1.54, 1.807) is 95.9 Å². The summed E-state index contributed by atoms with van der Waals surface area (Å²) in [5, 5.41) is 24.8. The van der Waals surface area contributed by atoms with Gasteiger partial charge in [0.1, 0.15) is 17.7 Å². The van der Waals surface area contributed by atoms with Gasteiger partial charge in [0.2, 0.25) is 0 Å². The van der Waals surface area contributed by atoms with Gasteiger partial charge in [0.15, 0.2) is 0 Å². The van der Waals surface area contributed by atoms with Crippen LogP contribution in [0.5, 0.6) is 11.5 Å². The van der Waals surface area contributed by atoms with Crippen LogP contribution in [0.1, 0.15) is 11.1 Å². The molecular weight excluding hydrogens is 522 g/mol. The van der Waals surface area contributed by atoms with Gasteiger partial charge >= 0.3 is 12.1 Å². The number of aromatic hydroxyl groups is 1. The first-order valence-electron chi connectivity index (χ1n) is 12.5. The van der Waals surface area contributed by atoms with Crippen molar-refractivity contribution in [2.75, 3.05) is 15.1 Å². The molecule has 200 valence electrons. The molecule has 2 aliphatic heterocycles. The van der Waals surface area contributed by atoms with Crippen LogP contribution in [0.25, 0.3) is 6.08 Å². The smallest absolute Gasteiger partial charge is 0.417 e. The number of ether oxygens (including phenoxy) is 1. The van der Waals surface area contributed by atoms with Crippen molar-refractivity contribution in [1.82, 2.24) is 5.32 Å². The molecule has 0 saturated carbocycles. The Morgan fingerprint density at radius 1 is 0.927 bits per heavy atom. The maximum absolute atomic E-state index is 13.8. The van der Waals surface area contributed by atoms with Crippen LogP contribution >= 0.6 is 0 Å². The molecule has 3 N–H and O–H groups in total. The molecule has 1 unspecified atom stereocenters. The fourth-order valence-electron chi connectivity index (χ4n) is 4.76. The lowest BCUT2D eigenvalue weighted by Crippen LogP contribution is -2.62. The standard InChI is InChI=1S/C31H21N5O5/c32-18-19-6-7-20-17-26-28(35(27(20)16-19)22-12-14-24(37)15-13-22)34-30(39)36(29(26)38)23-10-8-21(9-11-23)33-31(40)41-25-4-2-1-3-5-25/h1-17,28,37H,(H,33,40)(H,34,39). The van der Waals surface area contributed by atoms with E-state index in [-0.39, 0.29) is 5.75 Å². The summed E-state index contributed by atoms with van der Waals surface area (Å²) < 4.78 is 5.23. The second kappa shape index (κ2) is 10.2. The summed E-state index contributed by atoms with van der Waals surface area (Å²) in [5.41, 5.74) is 3.36. The van der Waals surface area contributed by atoms with Crippen molar-refractivity contribution in [2.24, 2.45) is 0 Å². The van der Waals surface area contributed by atoms with Gasteiger partial charge in [-0.25, -0.2) is 14.5 Å².